The Labute approximate surface area is 164 Å². The summed E-state index contributed by atoms with van der Waals surface area (Å²) < 4.78 is 5.93. The number of nitrogens with one attached hydrogen (secondary N) is 1. The minimum Gasteiger partial charge on any atom is -0.492 e. The van der Waals surface area contributed by atoms with Crippen molar-refractivity contribution in [1.82, 2.24) is 10.2 Å². The van der Waals surface area contributed by atoms with Gasteiger partial charge in [-0.15, -0.1) is 24.0 Å². The third kappa shape index (κ3) is 8.73. The number of aliphatic imine (C=N–C) groups is 1. The number of halogens is 1. The van der Waals surface area contributed by atoms with Crippen LogP contribution in [0.5, 0.6) is 5.75 Å². The van der Waals surface area contributed by atoms with Gasteiger partial charge in [0.25, 0.3) is 0 Å². The molecule has 0 radical (unpaired) electrons. The lowest BCUT2D eigenvalue weighted by atomic mass is 10.2. The van der Waals surface area contributed by atoms with Crippen molar-refractivity contribution in [2.24, 2.45) is 10.7 Å². The van der Waals surface area contributed by atoms with Crippen molar-refractivity contribution in [1.29, 1.82) is 0 Å². The van der Waals surface area contributed by atoms with E-state index in [-0.39, 0.29) is 24.0 Å². The summed E-state index contributed by atoms with van der Waals surface area (Å²) in [5, 5.41) is 3.17. The number of para-hydroxylation sites is 1. The summed E-state index contributed by atoms with van der Waals surface area (Å²) in [5.41, 5.74) is 6.97. The predicted octanol–water partition coefficient (Wildman–Crippen LogP) is 3.23. The van der Waals surface area contributed by atoms with Gasteiger partial charge in [-0.25, -0.2) is 4.99 Å². The van der Waals surface area contributed by atoms with Gasteiger partial charge in [0.2, 0.25) is 0 Å². The highest BCUT2D eigenvalue weighted by atomic mass is 127. The zero-order valence-electron chi connectivity index (χ0n) is 15.4. The number of guanidine groups is 1. The van der Waals surface area contributed by atoms with Crippen molar-refractivity contribution in [3.05, 3.63) is 29.8 Å². The Morgan fingerprint density at radius 1 is 1.25 bits per heavy atom. The molecule has 0 spiro atoms. The molecule has 0 saturated carbocycles. The van der Waals surface area contributed by atoms with E-state index in [1.54, 1.807) is 0 Å². The monoisotopic (exact) mass is 448 g/mol. The molecule has 1 aromatic carbocycles. The standard InChI is InChI=1S/C18H32N4O.HI/c1-5-15(4)21-18(19)20-14-16-10-8-9-11-17(16)23-13-12-22(6-2)7-3;/h8-11,15H,5-7,12-14H2,1-4H3,(H3,19,20,21);1H. The maximum Gasteiger partial charge on any atom is 0.189 e. The molecule has 0 aliphatic rings. The second-order valence-corrected chi connectivity index (χ2v) is 5.64. The van der Waals surface area contributed by atoms with Crippen LogP contribution in [0, 0.1) is 0 Å². The lowest BCUT2D eigenvalue weighted by Crippen LogP contribution is -2.38. The summed E-state index contributed by atoms with van der Waals surface area (Å²) in [4.78, 5) is 6.75. The Kier molecular flexibility index (Phi) is 12.7. The van der Waals surface area contributed by atoms with Crippen molar-refractivity contribution >= 4 is 29.9 Å². The zero-order valence-corrected chi connectivity index (χ0v) is 17.7. The first-order chi connectivity index (χ1) is 11.1. The topological polar surface area (TPSA) is 62.9 Å². The van der Waals surface area contributed by atoms with Crippen LogP contribution in [0.3, 0.4) is 0 Å². The van der Waals surface area contributed by atoms with Gasteiger partial charge in [-0.05, 0) is 32.5 Å². The molecule has 0 bridgehead atoms. The summed E-state index contributed by atoms with van der Waals surface area (Å²) in [5.74, 6) is 1.37. The number of hydrogen-bond donors (Lipinski definition) is 2. The minimum atomic E-state index is 0. The predicted molar refractivity (Wildman–Crippen MR) is 113 cm³/mol. The molecule has 0 amide bonds. The van der Waals surface area contributed by atoms with Gasteiger partial charge in [0.05, 0.1) is 6.54 Å². The van der Waals surface area contributed by atoms with Crippen LogP contribution in [0.15, 0.2) is 29.3 Å². The van der Waals surface area contributed by atoms with Crippen molar-refractivity contribution in [2.45, 2.75) is 46.7 Å². The van der Waals surface area contributed by atoms with Gasteiger partial charge >= 0.3 is 0 Å². The van der Waals surface area contributed by atoms with Crippen molar-refractivity contribution in [3.8, 4) is 5.75 Å². The fourth-order valence-electron chi connectivity index (χ4n) is 2.17. The van der Waals surface area contributed by atoms with Gasteiger partial charge in [0, 0.05) is 18.2 Å². The van der Waals surface area contributed by atoms with Crippen molar-refractivity contribution in [3.63, 3.8) is 0 Å². The normalized spacial score (nSPS) is 12.6. The highest BCUT2D eigenvalue weighted by Crippen LogP contribution is 2.18. The van der Waals surface area contributed by atoms with E-state index < -0.39 is 0 Å². The van der Waals surface area contributed by atoms with Crippen LogP contribution in [-0.4, -0.2) is 43.1 Å². The summed E-state index contributed by atoms with van der Waals surface area (Å²) in [7, 11) is 0. The summed E-state index contributed by atoms with van der Waals surface area (Å²) in [6.07, 6.45) is 1.02. The SMILES string of the molecule is CCC(C)NC(N)=NCc1ccccc1OCCN(CC)CC.I. The van der Waals surface area contributed by atoms with Gasteiger partial charge in [0.15, 0.2) is 5.96 Å². The Hall–Kier alpha value is -1.02. The van der Waals surface area contributed by atoms with Gasteiger partial charge in [0.1, 0.15) is 12.4 Å². The molecular weight excluding hydrogens is 415 g/mol. The second kappa shape index (κ2) is 13.3. The maximum atomic E-state index is 5.93. The van der Waals surface area contributed by atoms with Crippen molar-refractivity contribution < 1.29 is 4.74 Å². The van der Waals surface area contributed by atoms with E-state index in [0.29, 0.717) is 25.2 Å². The van der Waals surface area contributed by atoms with Crippen LogP contribution in [0.25, 0.3) is 0 Å². The fraction of sp³-hybridized carbons (Fsp3) is 0.611. The van der Waals surface area contributed by atoms with E-state index in [0.717, 1.165) is 37.4 Å². The number of rotatable bonds is 10. The maximum absolute atomic E-state index is 5.93. The minimum absolute atomic E-state index is 0. The Balaban J connectivity index is 0.00000529. The van der Waals surface area contributed by atoms with Crippen LogP contribution in [0.4, 0.5) is 0 Å². The van der Waals surface area contributed by atoms with Gasteiger partial charge in [-0.2, -0.15) is 0 Å². The first-order valence-electron chi connectivity index (χ1n) is 8.60. The summed E-state index contributed by atoms with van der Waals surface area (Å²) in [6.45, 7) is 12.8. The molecule has 0 aliphatic heterocycles. The van der Waals surface area contributed by atoms with E-state index in [1.165, 1.54) is 0 Å². The smallest absolute Gasteiger partial charge is 0.189 e. The summed E-state index contributed by atoms with van der Waals surface area (Å²) >= 11 is 0. The molecule has 5 nitrogen and oxygen atoms in total. The van der Waals surface area contributed by atoms with Crippen LogP contribution >= 0.6 is 24.0 Å². The quantitative estimate of drug-likeness (QED) is 0.328. The van der Waals surface area contributed by atoms with E-state index in [2.05, 4.69) is 42.9 Å². The molecule has 1 atom stereocenters. The molecule has 0 saturated heterocycles. The molecule has 6 heteroatoms. The third-order valence-corrected chi connectivity index (χ3v) is 3.96. The Morgan fingerprint density at radius 3 is 2.54 bits per heavy atom. The second-order valence-electron chi connectivity index (χ2n) is 5.64. The Bertz CT molecular complexity index is 478. The fourth-order valence-corrected chi connectivity index (χ4v) is 2.17. The number of likely N-dealkylation sites (N-methyl/N-ethyl adjacent to an activating group) is 1. The van der Waals surface area contributed by atoms with Crippen LogP contribution in [0.2, 0.25) is 0 Å². The van der Waals surface area contributed by atoms with Crippen LogP contribution < -0.4 is 15.8 Å². The molecule has 3 N–H and O–H groups in total. The first kappa shape index (κ1) is 23.0. The van der Waals surface area contributed by atoms with Gasteiger partial charge in [-0.1, -0.05) is 39.0 Å². The molecule has 0 heterocycles. The number of nitrogens with zero attached hydrogens (tertiary/aromatic N) is 2. The van der Waals surface area contributed by atoms with Crippen LogP contribution in [0.1, 0.15) is 39.7 Å². The molecule has 0 aromatic heterocycles. The highest BCUT2D eigenvalue weighted by Gasteiger charge is 2.05. The van der Waals surface area contributed by atoms with E-state index in [1.807, 2.05) is 24.3 Å². The lowest BCUT2D eigenvalue weighted by molar-refractivity contribution is 0.221. The molecule has 1 unspecified atom stereocenters. The average Bonchev–Trinajstić information content (AvgIpc) is 2.57. The molecule has 0 aliphatic carbocycles. The number of nitrogens with two attached hydrogens (primary N) is 1. The summed E-state index contributed by atoms with van der Waals surface area (Å²) in [6, 6.07) is 8.35. The lowest BCUT2D eigenvalue weighted by Gasteiger charge is -2.18. The number of ether oxygens (including phenoxy) is 1. The highest BCUT2D eigenvalue weighted by molar-refractivity contribution is 14.0. The van der Waals surface area contributed by atoms with E-state index in [9.17, 15) is 0 Å². The third-order valence-electron chi connectivity index (χ3n) is 3.96. The molecule has 138 valence electrons. The Morgan fingerprint density at radius 2 is 1.92 bits per heavy atom. The van der Waals surface area contributed by atoms with Crippen molar-refractivity contribution in [2.75, 3.05) is 26.2 Å². The largest absolute Gasteiger partial charge is 0.492 e. The van der Waals surface area contributed by atoms with Gasteiger partial charge in [-0.3, -0.25) is 0 Å². The zero-order chi connectivity index (χ0) is 17.1. The molecular formula is C18H33IN4O. The molecule has 0 fully saturated rings. The van der Waals surface area contributed by atoms with Crippen LogP contribution in [-0.2, 0) is 6.54 Å². The average molecular weight is 448 g/mol. The van der Waals surface area contributed by atoms with E-state index >= 15 is 0 Å². The molecule has 1 aromatic rings. The number of benzene rings is 1. The van der Waals surface area contributed by atoms with Gasteiger partial charge < -0.3 is 20.7 Å². The number of hydrogen-bond acceptors (Lipinski definition) is 3. The first-order valence-corrected chi connectivity index (χ1v) is 8.60. The molecule has 1 rings (SSSR count). The van der Waals surface area contributed by atoms with E-state index in [4.69, 9.17) is 10.5 Å². The molecule has 24 heavy (non-hydrogen) atoms.